The Morgan fingerprint density at radius 1 is 0.923 bits per heavy atom. The van der Waals surface area contributed by atoms with Crippen molar-refractivity contribution in [3.8, 4) is 0 Å². The summed E-state index contributed by atoms with van der Waals surface area (Å²) in [6, 6.07) is 1.57. The Labute approximate surface area is 82.3 Å². The fourth-order valence-corrected chi connectivity index (χ4v) is 3.33. The Kier molecular flexibility index (Phi) is 2.64. The molecule has 0 radical (unpaired) electrons. The van der Waals surface area contributed by atoms with E-state index in [-0.39, 0.29) is 0 Å². The molecule has 0 aromatic heterocycles. The van der Waals surface area contributed by atoms with Gasteiger partial charge in [-0.2, -0.15) is 0 Å². The van der Waals surface area contributed by atoms with Crippen molar-refractivity contribution in [1.29, 1.82) is 0 Å². The summed E-state index contributed by atoms with van der Waals surface area (Å²) in [4.78, 5) is 0. The summed E-state index contributed by atoms with van der Waals surface area (Å²) in [6.07, 6.45) is 5.80. The lowest BCUT2D eigenvalue weighted by Crippen LogP contribution is -2.55. The summed E-state index contributed by atoms with van der Waals surface area (Å²) in [5.41, 5.74) is 0. The molecule has 76 valence electrons. The van der Waals surface area contributed by atoms with Gasteiger partial charge in [-0.05, 0) is 37.5 Å². The molecule has 1 aliphatic carbocycles. The third kappa shape index (κ3) is 1.63. The fraction of sp³-hybridized carbons (Fsp3) is 1.00. The number of nitrogens with one attached hydrogen (secondary N) is 1. The van der Waals surface area contributed by atoms with Crippen molar-refractivity contribution in [2.24, 2.45) is 17.8 Å². The Morgan fingerprint density at radius 3 is 2.38 bits per heavy atom. The van der Waals surface area contributed by atoms with E-state index in [4.69, 9.17) is 0 Å². The van der Waals surface area contributed by atoms with E-state index in [1.807, 2.05) is 0 Å². The van der Waals surface area contributed by atoms with Gasteiger partial charge in [0.2, 0.25) is 0 Å². The second-order valence-corrected chi connectivity index (χ2v) is 5.23. The van der Waals surface area contributed by atoms with E-state index < -0.39 is 0 Å². The van der Waals surface area contributed by atoms with Crippen molar-refractivity contribution >= 4 is 0 Å². The van der Waals surface area contributed by atoms with Crippen LogP contribution in [-0.4, -0.2) is 12.1 Å². The zero-order valence-electron chi connectivity index (χ0n) is 9.22. The minimum atomic E-state index is 0.731. The molecule has 13 heavy (non-hydrogen) atoms. The topological polar surface area (TPSA) is 12.0 Å². The third-order valence-electron chi connectivity index (χ3n) is 4.59. The Bertz CT molecular complexity index is 176. The highest BCUT2D eigenvalue weighted by Crippen LogP contribution is 2.38. The zero-order valence-corrected chi connectivity index (χ0v) is 9.22. The van der Waals surface area contributed by atoms with E-state index in [1.165, 1.54) is 25.7 Å². The first kappa shape index (κ1) is 9.51. The number of fused-ring (bicyclic) bond motifs is 1. The van der Waals surface area contributed by atoms with E-state index in [2.05, 4.69) is 26.1 Å². The van der Waals surface area contributed by atoms with Gasteiger partial charge in [0, 0.05) is 12.1 Å². The molecule has 0 spiro atoms. The van der Waals surface area contributed by atoms with E-state index in [1.54, 1.807) is 0 Å². The molecule has 1 nitrogen and oxygen atoms in total. The lowest BCUT2D eigenvalue weighted by molar-refractivity contribution is 0.0752. The van der Waals surface area contributed by atoms with Crippen LogP contribution < -0.4 is 5.32 Å². The highest BCUT2D eigenvalue weighted by atomic mass is 15.0. The Hall–Kier alpha value is -0.0400. The quantitative estimate of drug-likeness (QED) is 0.606. The molecule has 1 aliphatic heterocycles. The summed E-state index contributed by atoms with van der Waals surface area (Å²) in [5, 5.41) is 3.80. The van der Waals surface area contributed by atoms with Crippen LogP contribution in [0.3, 0.4) is 0 Å². The van der Waals surface area contributed by atoms with Gasteiger partial charge in [0.15, 0.2) is 0 Å². The highest BCUT2D eigenvalue weighted by molar-refractivity contribution is 4.94. The maximum absolute atomic E-state index is 3.80. The van der Waals surface area contributed by atoms with Crippen LogP contribution in [0.25, 0.3) is 0 Å². The van der Waals surface area contributed by atoms with E-state index >= 15 is 0 Å². The van der Waals surface area contributed by atoms with Gasteiger partial charge in [-0.3, -0.25) is 0 Å². The fourth-order valence-electron chi connectivity index (χ4n) is 3.33. The highest BCUT2D eigenvalue weighted by Gasteiger charge is 2.38. The van der Waals surface area contributed by atoms with Crippen molar-refractivity contribution in [2.75, 3.05) is 0 Å². The van der Waals surface area contributed by atoms with Gasteiger partial charge in [0.05, 0.1) is 0 Å². The van der Waals surface area contributed by atoms with Crippen LogP contribution in [0, 0.1) is 17.8 Å². The molecular formula is C12H23N. The molecule has 2 aliphatic rings. The monoisotopic (exact) mass is 181 g/mol. The molecule has 0 aromatic carbocycles. The molecule has 1 saturated heterocycles. The van der Waals surface area contributed by atoms with E-state index in [0.717, 1.165) is 29.8 Å². The minimum absolute atomic E-state index is 0.731. The lowest BCUT2D eigenvalue weighted by Gasteiger charge is -2.47. The van der Waals surface area contributed by atoms with Crippen LogP contribution in [0.4, 0.5) is 0 Å². The van der Waals surface area contributed by atoms with Gasteiger partial charge in [-0.1, -0.05) is 26.7 Å². The van der Waals surface area contributed by atoms with Gasteiger partial charge in [0.1, 0.15) is 0 Å². The second kappa shape index (κ2) is 3.61. The molecule has 2 rings (SSSR count). The molecule has 1 saturated carbocycles. The zero-order chi connectivity index (χ0) is 9.42. The third-order valence-corrected chi connectivity index (χ3v) is 4.59. The van der Waals surface area contributed by atoms with Crippen LogP contribution in [-0.2, 0) is 0 Å². The van der Waals surface area contributed by atoms with E-state index in [0.29, 0.717) is 0 Å². The van der Waals surface area contributed by atoms with Crippen molar-refractivity contribution in [3.63, 3.8) is 0 Å². The molecule has 5 atom stereocenters. The average Bonchev–Trinajstić information content (AvgIpc) is 2.15. The summed E-state index contributed by atoms with van der Waals surface area (Å²) < 4.78 is 0. The van der Waals surface area contributed by atoms with E-state index in [9.17, 15) is 0 Å². The van der Waals surface area contributed by atoms with Gasteiger partial charge < -0.3 is 5.32 Å². The molecule has 0 aromatic rings. The molecule has 1 heterocycles. The number of piperidine rings is 1. The van der Waals surface area contributed by atoms with Crippen molar-refractivity contribution < 1.29 is 0 Å². The first-order valence-corrected chi connectivity index (χ1v) is 5.96. The molecule has 1 heteroatoms. The molecule has 0 amide bonds. The summed E-state index contributed by atoms with van der Waals surface area (Å²) in [7, 11) is 0. The maximum atomic E-state index is 3.80. The first-order valence-electron chi connectivity index (χ1n) is 5.96. The second-order valence-electron chi connectivity index (χ2n) is 5.23. The average molecular weight is 181 g/mol. The summed E-state index contributed by atoms with van der Waals surface area (Å²) in [6.45, 7) is 7.23. The normalized spacial score (nSPS) is 51.5. The van der Waals surface area contributed by atoms with Crippen LogP contribution in [0.2, 0.25) is 0 Å². The predicted octanol–water partition coefficient (Wildman–Crippen LogP) is 2.81. The van der Waals surface area contributed by atoms with Gasteiger partial charge in [-0.25, -0.2) is 0 Å². The number of hydrogen-bond acceptors (Lipinski definition) is 1. The Balaban J connectivity index is 2.08. The Morgan fingerprint density at radius 2 is 1.62 bits per heavy atom. The lowest BCUT2D eigenvalue weighted by atomic mass is 9.68. The van der Waals surface area contributed by atoms with Gasteiger partial charge >= 0.3 is 0 Å². The van der Waals surface area contributed by atoms with Crippen molar-refractivity contribution in [1.82, 2.24) is 5.32 Å². The van der Waals surface area contributed by atoms with Crippen LogP contribution in [0.1, 0.15) is 46.5 Å². The maximum Gasteiger partial charge on any atom is 0.0101 e. The summed E-state index contributed by atoms with van der Waals surface area (Å²) >= 11 is 0. The van der Waals surface area contributed by atoms with Crippen molar-refractivity contribution in [3.05, 3.63) is 0 Å². The number of rotatable bonds is 0. The molecule has 0 bridgehead atoms. The molecular weight excluding hydrogens is 158 g/mol. The smallest absolute Gasteiger partial charge is 0.0101 e. The molecule has 1 N–H and O–H groups in total. The SMILES string of the molecule is CC1NC2CCCCC2C(C)C1C. The molecule has 2 fully saturated rings. The van der Waals surface area contributed by atoms with Crippen LogP contribution in [0.5, 0.6) is 0 Å². The van der Waals surface area contributed by atoms with Gasteiger partial charge in [-0.15, -0.1) is 0 Å². The summed E-state index contributed by atoms with van der Waals surface area (Å²) in [5.74, 6) is 2.76. The van der Waals surface area contributed by atoms with Crippen molar-refractivity contribution in [2.45, 2.75) is 58.5 Å². The largest absolute Gasteiger partial charge is 0.311 e. The predicted molar refractivity (Wildman–Crippen MR) is 56.7 cm³/mol. The number of hydrogen-bond donors (Lipinski definition) is 1. The van der Waals surface area contributed by atoms with Gasteiger partial charge in [0.25, 0.3) is 0 Å². The van der Waals surface area contributed by atoms with Crippen LogP contribution >= 0.6 is 0 Å². The van der Waals surface area contributed by atoms with Crippen LogP contribution in [0.15, 0.2) is 0 Å². The standard InChI is InChI=1S/C12H23N/c1-8-9(2)11-6-4-5-7-12(11)13-10(8)3/h8-13H,4-7H2,1-3H3. The molecule has 5 unspecified atom stereocenters. The minimum Gasteiger partial charge on any atom is -0.311 e. The first-order chi connectivity index (χ1) is 6.20.